The molecule has 1 aromatic heterocycles. The average molecular weight is 362 g/mol. The number of nitrogens with zero attached hydrogens (tertiary/aromatic N) is 2. The third-order valence-electron chi connectivity index (χ3n) is 3.17. The molecule has 3 rings (SSSR count). The number of rotatable bonds is 4. The average Bonchev–Trinajstić information content (AvgIpc) is 3.06. The highest BCUT2D eigenvalue weighted by molar-refractivity contribution is 7.98. The van der Waals surface area contributed by atoms with Gasteiger partial charge in [0.1, 0.15) is 10.6 Å². The molecule has 0 spiro atoms. The smallest absolute Gasteiger partial charge is 0.269 e. The lowest BCUT2D eigenvalue weighted by atomic mass is 10.1. The summed E-state index contributed by atoms with van der Waals surface area (Å²) in [6.07, 6.45) is 1.97. The number of amides is 1. The minimum atomic E-state index is -0.216. The summed E-state index contributed by atoms with van der Waals surface area (Å²) < 4.78 is 3.92. The molecule has 0 saturated carbocycles. The van der Waals surface area contributed by atoms with Crippen LogP contribution in [0.5, 0.6) is 0 Å². The van der Waals surface area contributed by atoms with Gasteiger partial charge >= 0.3 is 0 Å². The van der Waals surface area contributed by atoms with Gasteiger partial charge in [0.25, 0.3) is 5.91 Å². The Morgan fingerprint density at radius 2 is 1.91 bits per heavy atom. The van der Waals surface area contributed by atoms with Crippen LogP contribution in [0.3, 0.4) is 0 Å². The maximum absolute atomic E-state index is 12.6. The third-order valence-corrected chi connectivity index (χ3v) is 4.94. The molecule has 4 nitrogen and oxygen atoms in total. The van der Waals surface area contributed by atoms with Crippen molar-refractivity contribution < 1.29 is 4.79 Å². The van der Waals surface area contributed by atoms with E-state index in [2.05, 4.69) is 14.9 Å². The van der Waals surface area contributed by atoms with Gasteiger partial charge in [-0.05, 0) is 42.1 Å². The normalized spacial score (nSPS) is 10.5. The Morgan fingerprint density at radius 1 is 1.17 bits per heavy atom. The summed E-state index contributed by atoms with van der Waals surface area (Å²) in [5.41, 5.74) is 2.15. The van der Waals surface area contributed by atoms with E-state index in [1.165, 1.54) is 0 Å². The molecule has 0 aliphatic carbocycles. The zero-order valence-corrected chi connectivity index (χ0v) is 14.5. The van der Waals surface area contributed by atoms with E-state index in [0.717, 1.165) is 27.7 Å². The number of hydrogen-bond acceptors (Lipinski definition) is 5. The molecule has 1 N–H and O–H groups in total. The first kappa shape index (κ1) is 16.0. The van der Waals surface area contributed by atoms with Gasteiger partial charge in [-0.3, -0.25) is 4.79 Å². The Kier molecular flexibility index (Phi) is 4.95. The number of anilines is 1. The molecule has 3 aromatic rings. The summed E-state index contributed by atoms with van der Waals surface area (Å²) >= 11 is 8.56. The van der Waals surface area contributed by atoms with Gasteiger partial charge in [0.05, 0.1) is 5.69 Å². The van der Waals surface area contributed by atoms with Gasteiger partial charge in [-0.1, -0.05) is 40.4 Å². The minimum absolute atomic E-state index is 0.216. The van der Waals surface area contributed by atoms with Crippen LogP contribution < -0.4 is 5.32 Å². The monoisotopic (exact) mass is 361 g/mol. The number of carbonyl (C=O) groups is 1. The van der Waals surface area contributed by atoms with E-state index in [4.69, 9.17) is 11.6 Å². The van der Waals surface area contributed by atoms with Gasteiger partial charge in [0.2, 0.25) is 0 Å². The van der Waals surface area contributed by atoms with Crippen molar-refractivity contribution in [3.8, 4) is 11.3 Å². The lowest BCUT2D eigenvalue weighted by molar-refractivity contribution is 0.103. The van der Waals surface area contributed by atoms with Gasteiger partial charge in [0, 0.05) is 15.5 Å². The van der Waals surface area contributed by atoms with Crippen LogP contribution in [-0.4, -0.2) is 21.7 Å². The van der Waals surface area contributed by atoms with Crippen LogP contribution in [0.1, 0.15) is 9.67 Å². The predicted octanol–water partition coefficient (Wildman–Crippen LogP) is 4.83. The van der Waals surface area contributed by atoms with Gasteiger partial charge in [-0.2, -0.15) is 0 Å². The Labute approximate surface area is 147 Å². The first-order valence-corrected chi connectivity index (χ1v) is 9.09. The van der Waals surface area contributed by atoms with Crippen LogP contribution in [0.2, 0.25) is 5.02 Å². The van der Waals surface area contributed by atoms with Crippen LogP contribution in [0.4, 0.5) is 5.69 Å². The fourth-order valence-electron chi connectivity index (χ4n) is 2.06. The number of halogens is 1. The van der Waals surface area contributed by atoms with E-state index in [0.29, 0.717) is 15.6 Å². The number of benzene rings is 2. The second-order valence-corrected chi connectivity index (χ2v) is 6.65. The van der Waals surface area contributed by atoms with E-state index in [1.54, 1.807) is 23.9 Å². The third kappa shape index (κ3) is 3.55. The minimum Gasteiger partial charge on any atom is -0.320 e. The molecule has 0 unspecified atom stereocenters. The van der Waals surface area contributed by atoms with Crippen LogP contribution in [0, 0.1) is 0 Å². The zero-order chi connectivity index (χ0) is 16.2. The lowest BCUT2D eigenvalue weighted by Gasteiger charge is -2.08. The molecule has 7 heteroatoms. The van der Waals surface area contributed by atoms with Crippen molar-refractivity contribution in [1.82, 2.24) is 9.59 Å². The number of para-hydroxylation sites is 1. The Hall–Kier alpha value is -1.89. The topological polar surface area (TPSA) is 54.9 Å². The number of aromatic nitrogens is 2. The van der Waals surface area contributed by atoms with Crippen molar-refractivity contribution in [3.63, 3.8) is 0 Å². The molecule has 0 atom stereocenters. The molecule has 0 aliphatic rings. The van der Waals surface area contributed by atoms with Crippen LogP contribution in [0.25, 0.3) is 11.3 Å². The molecule has 0 aliphatic heterocycles. The fourth-order valence-corrected chi connectivity index (χ4v) is 3.33. The molecule has 2 aromatic carbocycles. The Bertz CT molecular complexity index is 833. The highest BCUT2D eigenvalue weighted by Gasteiger charge is 2.18. The summed E-state index contributed by atoms with van der Waals surface area (Å²) in [4.78, 5) is 14.1. The van der Waals surface area contributed by atoms with Gasteiger partial charge in [-0.15, -0.1) is 16.9 Å². The van der Waals surface area contributed by atoms with Crippen molar-refractivity contribution in [2.45, 2.75) is 4.90 Å². The second-order valence-electron chi connectivity index (χ2n) is 4.61. The fraction of sp³-hybridized carbons (Fsp3) is 0.0625. The molecular formula is C16H12ClN3OS2. The number of thioether (sulfide) groups is 1. The lowest BCUT2D eigenvalue weighted by Crippen LogP contribution is -2.12. The van der Waals surface area contributed by atoms with Gasteiger partial charge < -0.3 is 5.32 Å². The molecule has 0 saturated heterocycles. The SMILES string of the molecule is CSc1ccccc1NC(=O)c1snnc1-c1ccc(Cl)cc1. The van der Waals surface area contributed by atoms with Crippen molar-refractivity contribution in [2.24, 2.45) is 0 Å². The highest BCUT2D eigenvalue weighted by Crippen LogP contribution is 2.28. The van der Waals surface area contributed by atoms with E-state index >= 15 is 0 Å². The van der Waals surface area contributed by atoms with E-state index < -0.39 is 0 Å². The Balaban J connectivity index is 1.89. The molecule has 0 fully saturated rings. The van der Waals surface area contributed by atoms with E-state index in [9.17, 15) is 4.79 Å². The number of carbonyl (C=O) groups excluding carboxylic acids is 1. The van der Waals surface area contributed by atoms with Crippen LogP contribution >= 0.6 is 34.9 Å². The standard InChI is InChI=1S/C16H12ClN3OS2/c1-22-13-5-3-2-4-12(13)18-16(21)15-14(19-20-23-15)10-6-8-11(17)9-7-10/h2-9H,1H3,(H,18,21). The predicted molar refractivity (Wildman–Crippen MR) is 96.5 cm³/mol. The molecule has 23 heavy (non-hydrogen) atoms. The summed E-state index contributed by atoms with van der Waals surface area (Å²) in [6, 6.07) is 14.8. The molecule has 1 amide bonds. The quantitative estimate of drug-likeness (QED) is 0.676. The molecule has 0 bridgehead atoms. The molecule has 0 radical (unpaired) electrons. The summed E-state index contributed by atoms with van der Waals surface area (Å²) in [6.45, 7) is 0. The van der Waals surface area contributed by atoms with Gasteiger partial charge in [0.15, 0.2) is 0 Å². The second kappa shape index (κ2) is 7.12. The zero-order valence-electron chi connectivity index (χ0n) is 12.1. The van der Waals surface area contributed by atoms with Crippen molar-refractivity contribution in [1.29, 1.82) is 0 Å². The van der Waals surface area contributed by atoms with Crippen LogP contribution in [0.15, 0.2) is 53.4 Å². The van der Waals surface area contributed by atoms with E-state index in [-0.39, 0.29) is 5.91 Å². The van der Waals surface area contributed by atoms with E-state index in [1.807, 2.05) is 42.7 Å². The maximum atomic E-state index is 12.6. The van der Waals surface area contributed by atoms with Crippen molar-refractivity contribution in [2.75, 3.05) is 11.6 Å². The first-order chi connectivity index (χ1) is 11.2. The first-order valence-electron chi connectivity index (χ1n) is 6.71. The summed E-state index contributed by atoms with van der Waals surface area (Å²) in [7, 11) is 0. The van der Waals surface area contributed by atoms with Gasteiger partial charge in [-0.25, -0.2) is 0 Å². The Morgan fingerprint density at radius 3 is 2.65 bits per heavy atom. The largest absolute Gasteiger partial charge is 0.320 e. The highest BCUT2D eigenvalue weighted by atomic mass is 35.5. The van der Waals surface area contributed by atoms with Crippen molar-refractivity contribution in [3.05, 3.63) is 58.4 Å². The maximum Gasteiger partial charge on any atom is 0.269 e. The summed E-state index contributed by atoms with van der Waals surface area (Å²) in [5.74, 6) is -0.216. The van der Waals surface area contributed by atoms with Crippen molar-refractivity contribution >= 4 is 46.5 Å². The molecule has 116 valence electrons. The van der Waals surface area contributed by atoms with Crippen LogP contribution in [-0.2, 0) is 0 Å². The molecule has 1 heterocycles. The number of hydrogen-bond donors (Lipinski definition) is 1. The molecular weight excluding hydrogens is 350 g/mol. The number of nitrogens with one attached hydrogen (secondary N) is 1. The summed E-state index contributed by atoms with van der Waals surface area (Å²) in [5, 5.41) is 7.65.